The first kappa shape index (κ1) is 13.8. The Morgan fingerprint density at radius 2 is 2.26 bits per heavy atom. The lowest BCUT2D eigenvalue weighted by atomic mass is 10.0. The first-order chi connectivity index (χ1) is 8.93. The molecule has 1 fully saturated rings. The Labute approximate surface area is 112 Å². The van der Waals surface area contributed by atoms with Gasteiger partial charge in [0.05, 0.1) is 17.7 Å². The molecule has 1 aromatic carbocycles. The molecule has 0 bridgehead atoms. The Bertz CT molecular complexity index is 482. The highest BCUT2D eigenvalue weighted by Crippen LogP contribution is 2.24. The second-order valence-corrected chi connectivity index (χ2v) is 5.28. The summed E-state index contributed by atoms with van der Waals surface area (Å²) in [6.45, 7) is 3.26. The summed E-state index contributed by atoms with van der Waals surface area (Å²) >= 11 is 0. The number of nitrogens with one attached hydrogen (secondary N) is 1. The SMILES string of the molecule is Cc1cccc(C(=O)N(C)CC2(O)CCNC2)c1O. The van der Waals surface area contributed by atoms with Gasteiger partial charge in [-0.15, -0.1) is 0 Å². The van der Waals surface area contributed by atoms with Gasteiger partial charge in [-0.25, -0.2) is 0 Å². The van der Waals surface area contributed by atoms with E-state index in [9.17, 15) is 15.0 Å². The highest BCUT2D eigenvalue weighted by Gasteiger charge is 2.34. The summed E-state index contributed by atoms with van der Waals surface area (Å²) in [4.78, 5) is 13.7. The maximum atomic E-state index is 12.3. The molecule has 0 spiro atoms. The third-order valence-corrected chi connectivity index (χ3v) is 3.57. The molecular weight excluding hydrogens is 244 g/mol. The van der Waals surface area contributed by atoms with Gasteiger partial charge in [-0.3, -0.25) is 4.79 Å². The van der Waals surface area contributed by atoms with Crippen molar-refractivity contribution in [3.05, 3.63) is 29.3 Å². The van der Waals surface area contributed by atoms with Crippen LogP contribution in [0.5, 0.6) is 5.75 Å². The number of carbonyl (C=O) groups excluding carboxylic acids is 1. The minimum Gasteiger partial charge on any atom is -0.507 e. The number of hydrogen-bond donors (Lipinski definition) is 3. The number of carbonyl (C=O) groups is 1. The summed E-state index contributed by atoms with van der Waals surface area (Å²) in [6, 6.07) is 5.08. The summed E-state index contributed by atoms with van der Waals surface area (Å²) in [5, 5.41) is 23.3. The van der Waals surface area contributed by atoms with Gasteiger partial charge in [-0.2, -0.15) is 0 Å². The molecule has 0 saturated carbocycles. The fourth-order valence-electron chi connectivity index (χ4n) is 2.42. The lowest BCUT2D eigenvalue weighted by molar-refractivity contribution is 0.0251. The number of nitrogens with zero attached hydrogens (tertiary/aromatic N) is 1. The average Bonchev–Trinajstić information content (AvgIpc) is 2.78. The number of rotatable bonds is 3. The Morgan fingerprint density at radius 1 is 1.53 bits per heavy atom. The number of hydrogen-bond acceptors (Lipinski definition) is 4. The quantitative estimate of drug-likeness (QED) is 0.743. The number of β-amino-alcohol motifs (C(OH)–C–C–N with tert-alkyl or cyclic N) is 1. The summed E-state index contributed by atoms with van der Waals surface area (Å²) in [6.07, 6.45) is 0.629. The maximum absolute atomic E-state index is 12.3. The minimum atomic E-state index is -0.871. The molecule has 19 heavy (non-hydrogen) atoms. The second kappa shape index (κ2) is 5.19. The number of aliphatic hydroxyl groups is 1. The standard InChI is InChI=1S/C14H20N2O3/c1-10-4-3-5-11(12(10)17)13(18)16(2)9-14(19)6-7-15-8-14/h3-5,15,17,19H,6-9H2,1-2H3. The van der Waals surface area contributed by atoms with Crippen LogP contribution >= 0.6 is 0 Å². The van der Waals surface area contributed by atoms with Gasteiger partial charge in [0.1, 0.15) is 5.75 Å². The van der Waals surface area contributed by atoms with E-state index in [-0.39, 0.29) is 23.8 Å². The lowest BCUT2D eigenvalue weighted by Gasteiger charge is -2.28. The van der Waals surface area contributed by atoms with E-state index in [1.807, 2.05) is 0 Å². The minimum absolute atomic E-state index is 0.0101. The molecule has 5 heteroatoms. The van der Waals surface area contributed by atoms with Crippen molar-refractivity contribution in [2.24, 2.45) is 0 Å². The molecule has 1 aromatic rings. The van der Waals surface area contributed by atoms with E-state index < -0.39 is 5.60 Å². The van der Waals surface area contributed by atoms with E-state index >= 15 is 0 Å². The van der Waals surface area contributed by atoms with Crippen LogP contribution < -0.4 is 5.32 Å². The van der Waals surface area contributed by atoms with Gasteiger partial charge in [0.2, 0.25) is 0 Å². The number of phenolic OH excluding ortho intramolecular Hbond substituents is 1. The lowest BCUT2D eigenvalue weighted by Crippen LogP contribution is -2.45. The topological polar surface area (TPSA) is 72.8 Å². The van der Waals surface area contributed by atoms with Gasteiger partial charge in [0, 0.05) is 13.6 Å². The normalized spacial score (nSPS) is 22.5. The van der Waals surface area contributed by atoms with Gasteiger partial charge in [-0.05, 0) is 31.5 Å². The Morgan fingerprint density at radius 3 is 2.89 bits per heavy atom. The third-order valence-electron chi connectivity index (χ3n) is 3.57. The molecule has 1 heterocycles. The fraction of sp³-hybridized carbons (Fsp3) is 0.500. The first-order valence-corrected chi connectivity index (χ1v) is 6.40. The highest BCUT2D eigenvalue weighted by atomic mass is 16.3. The summed E-state index contributed by atoms with van der Waals surface area (Å²) in [5.74, 6) is -0.266. The van der Waals surface area contributed by atoms with Crippen molar-refractivity contribution in [3.63, 3.8) is 0 Å². The molecule has 1 atom stereocenters. The van der Waals surface area contributed by atoms with Gasteiger partial charge in [0.15, 0.2) is 0 Å². The van der Waals surface area contributed by atoms with Crippen molar-refractivity contribution in [1.82, 2.24) is 10.2 Å². The summed E-state index contributed by atoms with van der Waals surface area (Å²) < 4.78 is 0. The van der Waals surface area contributed by atoms with Crippen LogP contribution in [0.4, 0.5) is 0 Å². The molecule has 0 radical (unpaired) electrons. The smallest absolute Gasteiger partial charge is 0.257 e. The van der Waals surface area contributed by atoms with Crippen LogP contribution in [0.3, 0.4) is 0 Å². The van der Waals surface area contributed by atoms with Gasteiger partial charge in [-0.1, -0.05) is 12.1 Å². The summed E-state index contributed by atoms with van der Waals surface area (Å²) in [5.41, 5.74) is 0.0710. The molecule has 1 saturated heterocycles. The molecule has 1 unspecified atom stereocenters. The van der Waals surface area contributed by atoms with Crippen LogP contribution in [0.1, 0.15) is 22.3 Å². The molecule has 1 amide bonds. The molecule has 1 aliphatic heterocycles. The molecule has 3 N–H and O–H groups in total. The Kier molecular flexibility index (Phi) is 3.78. The number of aryl methyl sites for hydroxylation is 1. The van der Waals surface area contributed by atoms with Gasteiger partial charge in [0.25, 0.3) is 5.91 Å². The highest BCUT2D eigenvalue weighted by molar-refractivity contribution is 5.97. The van der Waals surface area contributed by atoms with Crippen LogP contribution in [0, 0.1) is 6.92 Å². The predicted octanol–water partition coefficient (Wildman–Crippen LogP) is 0.497. The van der Waals surface area contributed by atoms with E-state index in [0.29, 0.717) is 18.5 Å². The number of aromatic hydroxyl groups is 1. The zero-order valence-corrected chi connectivity index (χ0v) is 11.3. The average molecular weight is 264 g/mol. The largest absolute Gasteiger partial charge is 0.507 e. The van der Waals surface area contributed by atoms with Crippen molar-refractivity contribution in [1.29, 1.82) is 0 Å². The molecule has 1 aliphatic rings. The van der Waals surface area contributed by atoms with Crippen molar-refractivity contribution in [2.45, 2.75) is 18.9 Å². The Hall–Kier alpha value is -1.59. The van der Waals surface area contributed by atoms with Crippen molar-refractivity contribution in [2.75, 3.05) is 26.7 Å². The molecule has 104 valence electrons. The number of likely N-dealkylation sites (N-methyl/N-ethyl adjacent to an activating group) is 1. The predicted molar refractivity (Wildman–Crippen MR) is 72.2 cm³/mol. The second-order valence-electron chi connectivity index (χ2n) is 5.28. The molecule has 0 aliphatic carbocycles. The maximum Gasteiger partial charge on any atom is 0.257 e. The van der Waals surface area contributed by atoms with E-state index in [1.54, 1.807) is 32.2 Å². The van der Waals surface area contributed by atoms with Gasteiger partial charge < -0.3 is 20.4 Å². The molecular formula is C14H20N2O3. The zero-order valence-electron chi connectivity index (χ0n) is 11.3. The number of benzene rings is 1. The summed E-state index contributed by atoms with van der Waals surface area (Å²) in [7, 11) is 1.64. The first-order valence-electron chi connectivity index (χ1n) is 6.40. The van der Waals surface area contributed by atoms with Crippen LogP contribution in [-0.2, 0) is 0 Å². The Balaban J connectivity index is 2.12. The van der Waals surface area contributed by atoms with E-state index in [4.69, 9.17) is 0 Å². The van der Waals surface area contributed by atoms with Crippen LogP contribution in [0.25, 0.3) is 0 Å². The van der Waals surface area contributed by atoms with Crippen LogP contribution in [0.15, 0.2) is 18.2 Å². The van der Waals surface area contributed by atoms with E-state index in [0.717, 1.165) is 6.54 Å². The van der Waals surface area contributed by atoms with Crippen molar-refractivity contribution < 1.29 is 15.0 Å². The number of phenols is 1. The molecule has 2 rings (SSSR count). The third kappa shape index (κ3) is 2.88. The molecule has 5 nitrogen and oxygen atoms in total. The number of para-hydroxylation sites is 1. The van der Waals surface area contributed by atoms with Gasteiger partial charge >= 0.3 is 0 Å². The molecule has 0 aromatic heterocycles. The van der Waals surface area contributed by atoms with E-state index in [1.165, 1.54) is 4.90 Å². The van der Waals surface area contributed by atoms with Crippen LogP contribution in [-0.4, -0.2) is 53.3 Å². The zero-order chi connectivity index (χ0) is 14.0. The monoisotopic (exact) mass is 264 g/mol. The number of amides is 1. The van der Waals surface area contributed by atoms with E-state index in [2.05, 4.69) is 5.32 Å². The van der Waals surface area contributed by atoms with Crippen molar-refractivity contribution >= 4 is 5.91 Å². The van der Waals surface area contributed by atoms with Crippen LogP contribution in [0.2, 0.25) is 0 Å². The fourth-order valence-corrected chi connectivity index (χ4v) is 2.42. The van der Waals surface area contributed by atoms with Crippen molar-refractivity contribution in [3.8, 4) is 5.75 Å².